The zero-order chi connectivity index (χ0) is 13.7. The van der Waals surface area contributed by atoms with Crippen LogP contribution >= 0.6 is 11.5 Å². The Bertz CT molecular complexity index is 539. The van der Waals surface area contributed by atoms with Gasteiger partial charge in [0.1, 0.15) is 5.00 Å². The second-order valence-corrected chi connectivity index (χ2v) is 5.07. The summed E-state index contributed by atoms with van der Waals surface area (Å²) in [4.78, 5) is 13.9. The molecular weight excluding hydrogens is 258 g/mol. The van der Waals surface area contributed by atoms with E-state index in [9.17, 15) is 4.79 Å². The highest BCUT2D eigenvalue weighted by atomic mass is 32.1. The minimum atomic E-state index is -0.0880. The van der Waals surface area contributed by atoms with Gasteiger partial charge in [0.25, 0.3) is 0 Å². The van der Waals surface area contributed by atoms with E-state index in [0.717, 1.165) is 16.3 Å². The molecule has 2 rings (SSSR count). The minimum Gasteiger partial charge on any atom is -0.320 e. The second kappa shape index (κ2) is 6.33. The van der Waals surface area contributed by atoms with Crippen LogP contribution in [0.2, 0.25) is 0 Å². The topological polar surface area (TPSA) is 45.2 Å². The van der Waals surface area contributed by atoms with Gasteiger partial charge in [-0.1, -0.05) is 30.3 Å². The Kier molecular flexibility index (Phi) is 4.52. The number of aromatic nitrogens is 1. The van der Waals surface area contributed by atoms with Crippen molar-refractivity contribution in [1.29, 1.82) is 0 Å². The van der Waals surface area contributed by atoms with Gasteiger partial charge in [0.05, 0.1) is 5.69 Å². The number of aryl methyl sites for hydroxylation is 1. The summed E-state index contributed by atoms with van der Waals surface area (Å²) in [5, 5.41) is 3.66. The number of nitrogens with one attached hydrogen (secondary N) is 1. The Balaban J connectivity index is 1.99. The monoisotopic (exact) mass is 275 g/mol. The lowest BCUT2D eigenvalue weighted by atomic mass is 10.2. The molecule has 1 aromatic heterocycles. The second-order valence-electron chi connectivity index (χ2n) is 4.26. The van der Waals surface area contributed by atoms with Crippen LogP contribution in [0, 0.1) is 6.92 Å². The SMILES string of the molecule is CCN(Cc1ccccc1)C(=O)Nc1cc(C)ns1. The molecule has 100 valence electrons. The van der Waals surface area contributed by atoms with Gasteiger partial charge in [0.15, 0.2) is 0 Å². The molecule has 1 heterocycles. The lowest BCUT2D eigenvalue weighted by Gasteiger charge is -2.20. The van der Waals surface area contributed by atoms with Gasteiger partial charge in [-0.15, -0.1) is 0 Å². The smallest absolute Gasteiger partial charge is 0.320 e. The first-order valence-corrected chi connectivity index (χ1v) is 6.99. The van der Waals surface area contributed by atoms with E-state index in [-0.39, 0.29) is 6.03 Å². The molecule has 0 aliphatic rings. The van der Waals surface area contributed by atoms with Crippen LogP contribution in [-0.4, -0.2) is 21.8 Å². The fourth-order valence-electron chi connectivity index (χ4n) is 1.74. The quantitative estimate of drug-likeness (QED) is 0.928. The molecule has 0 saturated carbocycles. The lowest BCUT2D eigenvalue weighted by Crippen LogP contribution is -2.34. The molecule has 0 fully saturated rings. The van der Waals surface area contributed by atoms with Crippen molar-refractivity contribution >= 4 is 22.6 Å². The molecule has 4 nitrogen and oxygen atoms in total. The number of rotatable bonds is 4. The van der Waals surface area contributed by atoms with E-state index in [0.29, 0.717) is 13.1 Å². The zero-order valence-electron chi connectivity index (χ0n) is 11.1. The van der Waals surface area contributed by atoms with Gasteiger partial charge < -0.3 is 4.90 Å². The maximum atomic E-state index is 12.2. The van der Waals surface area contributed by atoms with Crippen LogP contribution in [0.4, 0.5) is 9.80 Å². The average molecular weight is 275 g/mol. The molecule has 2 amide bonds. The molecule has 2 aromatic rings. The van der Waals surface area contributed by atoms with Crippen LogP contribution in [-0.2, 0) is 6.54 Å². The Morgan fingerprint density at radius 1 is 1.37 bits per heavy atom. The number of benzene rings is 1. The summed E-state index contributed by atoms with van der Waals surface area (Å²) in [5.41, 5.74) is 2.05. The number of nitrogens with zero attached hydrogens (tertiary/aromatic N) is 2. The van der Waals surface area contributed by atoms with Crippen molar-refractivity contribution in [3.8, 4) is 0 Å². The van der Waals surface area contributed by atoms with Crippen LogP contribution < -0.4 is 5.32 Å². The van der Waals surface area contributed by atoms with Crippen molar-refractivity contribution in [2.45, 2.75) is 20.4 Å². The molecule has 0 atom stereocenters. The minimum absolute atomic E-state index is 0.0880. The summed E-state index contributed by atoms with van der Waals surface area (Å²) in [5.74, 6) is 0. The number of urea groups is 1. The third kappa shape index (κ3) is 3.79. The standard InChI is InChI=1S/C14H17N3OS/c1-3-17(10-12-7-5-4-6-8-12)14(18)15-13-9-11(2)16-19-13/h4-9H,3,10H2,1-2H3,(H,15,18). The maximum Gasteiger partial charge on any atom is 0.322 e. The summed E-state index contributed by atoms with van der Waals surface area (Å²) in [6.45, 7) is 5.16. The molecule has 0 saturated heterocycles. The number of carbonyl (C=O) groups excluding carboxylic acids is 1. The highest BCUT2D eigenvalue weighted by Crippen LogP contribution is 2.16. The van der Waals surface area contributed by atoms with Gasteiger partial charge in [-0.3, -0.25) is 5.32 Å². The average Bonchev–Trinajstić information content (AvgIpc) is 2.82. The number of anilines is 1. The molecule has 0 spiro atoms. The molecule has 1 N–H and O–H groups in total. The Morgan fingerprint density at radius 2 is 2.11 bits per heavy atom. The van der Waals surface area contributed by atoms with Crippen LogP contribution in [0.3, 0.4) is 0 Å². The summed E-state index contributed by atoms with van der Waals surface area (Å²) in [6.07, 6.45) is 0. The normalized spacial score (nSPS) is 10.2. The molecule has 0 aliphatic carbocycles. The molecule has 0 radical (unpaired) electrons. The van der Waals surface area contributed by atoms with Gasteiger partial charge in [-0.2, -0.15) is 4.37 Å². The van der Waals surface area contributed by atoms with E-state index in [2.05, 4.69) is 9.69 Å². The van der Waals surface area contributed by atoms with Crippen molar-refractivity contribution in [2.24, 2.45) is 0 Å². The zero-order valence-corrected chi connectivity index (χ0v) is 11.9. The van der Waals surface area contributed by atoms with Gasteiger partial charge in [0, 0.05) is 13.1 Å². The van der Waals surface area contributed by atoms with E-state index in [1.165, 1.54) is 11.5 Å². The summed E-state index contributed by atoms with van der Waals surface area (Å²) >= 11 is 1.30. The molecular formula is C14H17N3OS. The van der Waals surface area contributed by atoms with Gasteiger partial charge >= 0.3 is 6.03 Å². The van der Waals surface area contributed by atoms with Gasteiger partial charge in [-0.25, -0.2) is 4.79 Å². The van der Waals surface area contributed by atoms with Crippen LogP contribution in [0.25, 0.3) is 0 Å². The van der Waals surface area contributed by atoms with Crippen LogP contribution in [0.5, 0.6) is 0 Å². The van der Waals surface area contributed by atoms with Crippen LogP contribution in [0.1, 0.15) is 18.2 Å². The van der Waals surface area contributed by atoms with Gasteiger partial charge in [0.2, 0.25) is 0 Å². The molecule has 0 unspecified atom stereocenters. The summed E-state index contributed by atoms with van der Waals surface area (Å²) < 4.78 is 4.15. The first-order chi connectivity index (χ1) is 9.19. The van der Waals surface area contributed by atoms with Crippen molar-refractivity contribution < 1.29 is 4.79 Å². The predicted molar refractivity (Wildman–Crippen MR) is 78.4 cm³/mol. The molecule has 0 bridgehead atoms. The molecule has 19 heavy (non-hydrogen) atoms. The largest absolute Gasteiger partial charge is 0.322 e. The van der Waals surface area contributed by atoms with Crippen LogP contribution in [0.15, 0.2) is 36.4 Å². The maximum absolute atomic E-state index is 12.2. The number of amides is 2. The van der Waals surface area contributed by atoms with Gasteiger partial charge in [-0.05, 0) is 37.0 Å². The summed E-state index contributed by atoms with van der Waals surface area (Å²) in [7, 11) is 0. The van der Waals surface area contributed by atoms with Crippen molar-refractivity contribution in [3.05, 3.63) is 47.7 Å². The number of carbonyl (C=O) groups is 1. The Hall–Kier alpha value is -1.88. The van der Waals surface area contributed by atoms with E-state index in [4.69, 9.17) is 0 Å². The van der Waals surface area contributed by atoms with E-state index >= 15 is 0 Å². The van der Waals surface area contributed by atoms with Crippen molar-refractivity contribution in [1.82, 2.24) is 9.27 Å². The lowest BCUT2D eigenvalue weighted by molar-refractivity contribution is 0.212. The fraction of sp³-hybridized carbons (Fsp3) is 0.286. The third-order valence-electron chi connectivity index (χ3n) is 2.74. The number of hydrogen-bond donors (Lipinski definition) is 1. The first-order valence-electron chi connectivity index (χ1n) is 6.22. The van der Waals surface area contributed by atoms with E-state index < -0.39 is 0 Å². The first kappa shape index (κ1) is 13.5. The van der Waals surface area contributed by atoms with E-state index in [1.807, 2.05) is 50.2 Å². The highest BCUT2D eigenvalue weighted by Gasteiger charge is 2.13. The van der Waals surface area contributed by atoms with E-state index in [1.54, 1.807) is 4.90 Å². The summed E-state index contributed by atoms with van der Waals surface area (Å²) in [6, 6.07) is 11.8. The molecule has 5 heteroatoms. The fourth-order valence-corrected chi connectivity index (χ4v) is 2.39. The van der Waals surface area contributed by atoms with Crippen molar-refractivity contribution in [3.63, 3.8) is 0 Å². The molecule has 0 aliphatic heterocycles. The van der Waals surface area contributed by atoms with Crippen molar-refractivity contribution in [2.75, 3.05) is 11.9 Å². The molecule has 1 aromatic carbocycles. The Morgan fingerprint density at radius 3 is 2.68 bits per heavy atom. The highest BCUT2D eigenvalue weighted by molar-refractivity contribution is 7.10. The predicted octanol–water partition coefficient (Wildman–Crippen LogP) is 3.51. The number of hydrogen-bond acceptors (Lipinski definition) is 3. The Labute approximate surface area is 117 Å². The third-order valence-corrected chi connectivity index (χ3v) is 3.54.